The van der Waals surface area contributed by atoms with Gasteiger partial charge in [0.2, 0.25) is 0 Å². The Hall–Kier alpha value is -0.710. The van der Waals surface area contributed by atoms with E-state index in [2.05, 4.69) is 60.3 Å². The molecule has 3 nitrogen and oxygen atoms in total. The van der Waals surface area contributed by atoms with Crippen LogP contribution in [0.15, 0.2) is 24.3 Å². The van der Waals surface area contributed by atoms with Crippen LogP contribution in [-0.2, 0) is 0 Å². The van der Waals surface area contributed by atoms with E-state index in [1.807, 2.05) is 0 Å². The maximum Gasteiger partial charge on any atom is 0.122 e. The van der Waals surface area contributed by atoms with Gasteiger partial charge < -0.3 is 15.0 Å². The standard InChI is InChI=1S/C17H26N2OS/c1-18-15(16-12-21-10-8-19(16)2)11-13-7-9-20-17-6-4-3-5-14(13)17/h3-6,13,15-16,18H,7-12H2,1-2H3. The summed E-state index contributed by atoms with van der Waals surface area (Å²) in [5, 5.41) is 3.58. The molecule has 1 saturated heterocycles. The van der Waals surface area contributed by atoms with E-state index in [4.69, 9.17) is 4.74 Å². The van der Waals surface area contributed by atoms with Crippen molar-refractivity contribution in [1.29, 1.82) is 0 Å². The number of hydrogen-bond donors (Lipinski definition) is 1. The van der Waals surface area contributed by atoms with Crippen LogP contribution in [0.25, 0.3) is 0 Å². The highest BCUT2D eigenvalue weighted by atomic mass is 32.2. The van der Waals surface area contributed by atoms with Crippen molar-refractivity contribution in [3.05, 3.63) is 29.8 Å². The highest BCUT2D eigenvalue weighted by molar-refractivity contribution is 7.99. The van der Waals surface area contributed by atoms with Gasteiger partial charge in [-0.05, 0) is 44.5 Å². The Morgan fingerprint density at radius 1 is 1.43 bits per heavy atom. The average molecular weight is 306 g/mol. The van der Waals surface area contributed by atoms with Crippen molar-refractivity contribution in [3.8, 4) is 5.75 Å². The van der Waals surface area contributed by atoms with E-state index in [1.165, 1.54) is 30.0 Å². The summed E-state index contributed by atoms with van der Waals surface area (Å²) in [5.41, 5.74) is 1.40. The molecule has 4 heteroatoms. The monoisotopic (exact) mass is 306 g/mol. The van der Waals surface area contributed by atoms with E-state index in [-0.39, 0.29) is 0 Å². The number of para-hydroxylation sites is 1. The van der Waals surface area contributed by atoms with Gasteiger partial charge in [0.15, 0.2) is 0 Å². The Bertz CT molecular complexity index is 468. The second-order valence-electron chi connectivity index (χ2n) is 6.13. The van der Waals surface area contributed by atoms with Crippen molar-refractivity contribution in [3.63, 3.8) is 0 Å². The zero-order chi connectivity index (χ0) is 14.7. The fraction of sp³-hybridized carbons (Fsp3) is 0.647. The lowest BCUT2D eigenvalue weighted by molar-refractivity contribution is 0.194. The quantitative estimate of drug-likeness (QED) is 0.924. The molecule has 0 aromatic heterocycles. The number of likely N-dealkylation sites (N-methyl/N-ethyl adjacent to an activating group) is 2. The minimum Gasteiger partial charge on any atom is -0.493 e. The maximum absolute atomic E-state index is 5.80. The predicted octanol–water partition coefficient (Wildman–Crippen LogP) is 2.58. The minimum absolute atomic E-state index is 0.555. The second kappa shape index (κ2) is 7.03. The summed E-state index contributed by atoms with van der Waals surface area (Å²) in [6.45, 7) is 2.06. The van der Waals surface area contributed by atoms with Gasteiger partial charge in [0.25, 0.3) is 0 Å². The molecular formula is C17H26N2OS. The number of fused-ring (bicyclic) bond motifs is 1. The molecule has 2 heterocycles. The Morgan fingerprint density at radius 2 is 2.29 bits per heavy atom. The molecule has 0 radical (unpaired) electrons. The van der Waals surface area contributed by atoms with Crippen LogP contribution in [0.1, 0.15) is 24.3 Å². The number of benzene rings is 1. The molecule has 1 N–H and O–H groups in total. The van der Waals surface area contributed by atoms with Crippen molar-refractivity contribution >= 4 is 11.8 Å². The van der Waals surface area contributed by atoms with Crippen molar-refractivity contribution in [1.82, 2.24) is 10.2 Å². The molecular weight excluding hydrogens is 280 g/mol. The zero-order valence-electron chi connectivity index (χ0n) is 13.0. The molecule has 0 bridgehead atoms. The molecule has 2 aliphatic rings. The third-order valence-corrected chi connectivity index (χ3v) is 5.95. The molecule has 1 fully saturated rings. The third-order valence-electron chi connectivity index (χ3n) is 4.90. The Balaban J connectivity index is 1.72. The number of nitrogens with zero attached hydrogens (tertiary/aromatic N) is 1. The lowest BCUT2D eigenvalue weighted by Gasteiger charge is -2.39. The molecule has 0 spiro atoms. The molecule has 116 valence electrons. The minimum atomic E-state index is 0.555. The zero-order valence-corrected chi connectivity index (χ0v) is 13.9. The smallest absolute Gasteiger partial charge is 0.122 e. The summed E-state index contributed by atoms with van der Waals surface area (Å²) in [7, 11) is 4.38. The van der Waals surface area contributed by atoms with E-state index in [0.717, 1.165) is 18.8 Å². The average Bonchev–Trinajstić information content (AvgIpc) is 2.53. The lowest BCUT2D eigenvalue weighted by Crippen LogP contribution is -2.52. The van der Waals surface area contributed by atoms with Crippen molar-refractivity contribution in [2.45, 2.75) is 30.8 Å². The number of hydrogen-bond acceptors (Lipinski definition) is 4. The fourth-order valence-corrected chi connectivity index (χ4v) is 4.88. The number of nitrogens with one attached hydrogen (secondary N) is 1. The largest absolute Gasteiger partial charge is 0.493 e. The number of rotatable bonds is 4. The summed E-state index contributed by atoms with van der Waals surface area (Å²) in [4.78, 5) is 2.53. The molecule has 1 aromatic carbocycles. The molecule has 3 atom stereocenters. The van der Waals surface area contributed by atoms with Gasteiger partial charge in [-0.3, -0.25) is 0 Å². The van der Waals surface area contributed by atoms with E-state index < -0.39 is 0 Å². The van der Waals surface area contributed by atoms with Gasteiger partial charge in [-0.1, -0.05) is 18.2 Å². The van der Waals surface area contributed by atoms with Crippen LogP contribution in [0.5, 0.6) is 5.75 Å². The van der Waals surface area contributed by atoms with Gasteiger partial charge in [0.05, 0.1) is 6.61 Å². The van der Waals surface area contributed by atoms with Crippen LogP contribution < -0.4 is 10.1 Å². The molecule has 0 aliphatic carbocycles. The van der Waals surface area contributed by atoms with Gasteiger partial charge in [-0.15, -0.1) is 0 Å². The maximum atomic E-state index is 5.80. The molecule has 3 rings (SSSR count). The Labute approximate surface area is 132 Å². The first-order valence-electron chi connectivity index (χ1n) is 7.96. The lowest BCUT2D eigenvalue weighted by atomic mass is 9.85. The molecule has 0 saturated carbocycles. The van der Waals surface area contributed by atoms with Crippen LogP contribution in [0.3, 0.4) is 0 Å². The SMILES string of the molecule is CNC(CC1CCOc2ccccc21)C1CSCCN1C. The second-order valence-corrected chi connectivity index (χ2v) is 7.28. The fourth-order valence-electron chi connectivity index (χ4n) is 3.56. The van der Waals surface area contributed by atoms with E-state index in [1.54, 1.807) is 0 Å². The summed E-state index contributed by atoms with van der Waals surface area (Å²) in [6.07, 6.45) is 2.34. The molecule has 3 unspecified atom stereocenters. The first kappa shape index (κ1) is 15.2. The van der Waals surface area contributed by atoms with Gasteiger partial charge in [0.1, 0.15) is 5.75 Å². The third kappa shape index (κ3) is 3.38. The van der Waals surface area contributed by atoms with E-state index >= 15 is 0 Å². The van der Waals surface area contributed by atoms with Crippen LogP contribution in [0.2, 0.25) is 0 Å². The number of thioether (sulfide) groups is 1. The van der Waals surface area contributed by atoms with Crippen molar-refractivity contribution in [2.75, 3.05) is 38.8 Å². The normalized spacial score (nSPS) is 27.7. The van der Waals surface area contributed by atoms with Crippen LogP contribution >= 0.6 is 11.8 Å². The van der Waals surface area contributed by atoms with Crippen molar-refractivity contribution in [2.24, 2.45) is 0 Å². The van der Waals surface area contributed by atoms with Gasteiger partial charge >= 0.3 is 0 Å². The number of ether oxygens (including phenoxy) is 1. The summed E-state index contributed by atoms with van der Waals surface area (Å²) < 4.78 is 5.80. The molecule has 0 amide bonds. The highest BCUT2D eigenvalue weighted by Crippen LogP contribution is 2.37. The van der Waals surface area contributed by atoms with E-state index in [9.17, 15) is 0 Å². The first-order chi connectivity index (χ1) is 10.3. The summed E-state index contributed by atoms with van der Waals surface area (Å²) >= 11 is 2.09. The van der Waals surface area contributed by atoms with Crippen LogP contribution in [0, 0.1) is 0 Å². The predicted molar refractivity (Wildman–Crippen MR) is 90.5 cm³/mol. The van der Waals surface area contributed by atoms with Crippen LogP contribution in [-0.4, -0.2) is 55.7 Å². The topological polar surface area (TPSA) is 24.5 Å². The summed E-state index contributed by atoms with van der Waals surface area (Å²) in [5.74, 6) is 4.22. The summed E-state index contributed by atoms with van der Waals surface area (Å²) in [6, 6.07) is 9.76. The molecule has 2 aliphatic heterocycles. The molecule has 21 heavy (non-hydrogen) atoms. The highest BCUT2D eigenvalue weighted by Gasteiger charge is 2.31. The van der Waals surface area contributed by atoms with Gasteiger partial charge in [-0.2, -0.15) is 11.8 Å². The van der Waals surface area contributed by atoms with Crippen LogP contribution in [0.4, 0.5) is 0 Å². The van der Waals surface area contributed by atoms with E-state index in [0.29, 0.717) is 18.0 Å². The van der Waals surface area contributed by atoms with Crippen molar-refractivity contribution < 1.29 is 4.74 Å². The first-order valence-corrected chi connectivity index (χ1v) is 9.12. The Morgan fingerprint density at radius 3 is 3.10 bits per heavy atom. The Kier molecular flexibility index (Phi) is 5.09. The van der Waals surface area contributed by atoms with Gasteiger partial charge in [0, 0.05) is 30.1 Å². The van der Waals surface area contributed by atoms with Gasteiger partial charge in [-0.25, -0.2) is 0 Å². The molecule has 1 aromatic rings.